The first-order valence-corrected chi connectivity index (χ1v) is 7.90. The van der Waals surface area contributed by atoms with Gasteiger partial charge in [0.1, 0.15) is 0 Å². The average molecular weight is 318 g/mol. The molecule has 4 rings (SSSR count). The van der Waals surface area contributed by atoms with Gasteiger partial charge in [0.05, 0.1) is 10.4 Å². The van der Waals surface area contributed by atoms with Crippen LogP contribution in [0.1, 0.15) is 22.9 Å². The minimum absolute atomic E-state index is 0.321. The predicted octanol–water partition coefficient (Wildman–Crippen LogP) is 4.55. The first-order chi connectivity index (χ1) is 10.3. The lowest BCUT2D eigenvalue weighted by molar-refractivity contribution is 0.568. The summed E-state index contributed by atoms with van der Waals surface area (Å²) < 4.78 is 6.11. The van der Waals surface area contributed by atoms with Crippen LogP contribution in [0.3, 0.4) is 0 Å². The first-order valence-electron chi connectivity index (χ1n) is 6.71. The molecular weight excluding hydrogens is 306 g/mol. The lowest BCUT2D eigenvalue weighted by Crippen LogP contribution is -2.06. The van der Waals surface area contributed by atoms with Gasteiger partial charge in [-0.3, -0.25) is 0 Å². The quantitative estimate of drug-likeness (QED) is 0.770. The maximum atomic E-state index is 6.10. The highest BCUT2D eigenvalue weighted by Crippen LogP contribution is 2.41. The Balaban J connectivity index is 1.59. The van der Waals surface area contributed by atoms with Crippen LogP contribution in [0.25, 0.3) is 11.5 Å². The molecule has 0 fully saturated rings. The predicted molar refractivity (Wildman–Crippen MR) is 83.7 cm³/mol. The van der Waals surface area contributed by atoms with Crippen molar-refractivity contribution in [2.24, 2.45) is 0 Å². The van der Waals surface area contributed by atoms with Crippen molar-refractivity contribution in [2.45, 2.75) is 18.9 Å². The summed E-state index contributed by atoms with van der Waals surface area (Å²) in [6.07, 6.45) is 3.53. The van der Waals surface area contributed by atoms with E-state index in [1.807, 2.05) is 24.3 Å². The number of thiophene rings is 1. The minimum Gasteiger partial charge on any atom is -0.423 e. The highest BCUT2D eigenvalue weighted by molar-refractivity contribution is 7.16. The van der Waals surface area contributed by atoms with Gasteiger partial charge in [0.2, 0.25) is 12.3 Å². The molecule has 0 radical (unpaired) electrons. The Hall–Kier alpha value is -1.85. The summed E-state index contributed by atoms with van der Waals surface area (Å²) >= 11 is 7.79. The van der Waals surface area contributed by atoms with E-state index in [1.165, 1.54) is 16.8 Å². The number of benzene rings is 1. The molecule has 1 atom stereocenters. The van der Waals surface area contributed by atoms with Crippen LogP contribution in [0.4, 0.5) is 5.69 Å². The van der Waals surface area contributed by atoms with Gasteiger partial charge in [-0.15, -0.1) is 21.5 Å². The van der Waals surface area contributed by atoms with Crippen LogP contribution in [0.2, 0.25) is 4.34 Å². The summed E-state index contributed by atoms with van der Waals surface area (Å²) in [4.78, 5) is 1.39. The summed E-state index contributed by atoms with van der Waals surface area (Å²) in [5.74, 6) is 0.532. The molecule has 21 heavy (non-hydrogen) atoms. The van der Waals surface area contributed by atoms with Crippen molar-refractivity contribution < 1.29 is 4.42 Å². The number of rotatable bonds is 3. The summed E-state index contributed by atoms with van der Waals surface area (Å²) in [6, 6.07) is 10.4. The van der Waals surface area contributed by atoms with Crippen molar-refractivity contribution in [3.05, 3.63) is 51.5 Å². The van der Waals surface area contributed by atoms with E-state index in [2.05, 4.69) is 21.6 Å². The second-order valence-corrected chi connectivity index (χ2v) is 6.76. The van der Waals surface area contributed by atoms with Crippen LogP contribution >= 0.6 is 22.9 Å². The Morgan fingerprint density at radius 3 is 3.14 bits per heavy atom. The number of halogens is 1. The van der Waals surface area contributed by atoms with Gasteiger partial charge < -0.3 is 9.73 Å². The molecule has 2 heterocycles. The number of aromatic nitrogens is 2. The number of fused-ring (bicyclic) bond motifs is 1. The SMILES string of the molecule is Clc1cc2c(s1)CCC2Nc1cccc(-c2nnco2)c1. The van der Waals surface area contributed by atoms with Gasteiger partial charge in [-0.1, -0.05) is 17.7 Å². The zero-order chi connectivity index (χ0) is 14.2. The summed E-state index contributed by atoms with van der Waals surface area (Å²) in [5.41, 5.74) is 3.29. The lowest BCUT2D eigenvalue weighted by atomic mass is 10.1. The number of anilines is 1. The fourth-order valence-corrected chi connectivity index (χ4v) is 4.08. The molecule has 2 aromatic heterocycles. The molecule has 0 bridgehead atoms. The third-order valence-corrected chi connectivity index (χ3v) is 5.00. The maximum Gasteiger partial charge on any atom is 0.247 e. The van der Waals surface area contributed by atoms with Crippen LogP contribution < -0.4 is 5.32 Å². The molecule has 6 heteroatoms. The van der Waals surface area contributed by atoms with Gasteiger partial charge in [0.15, 0.2) is 0 Å². The number of aryl methyl sites for hydroxylation is 1. The van der Waals surface area contributed by atoms with Gasteiger partial charge >= 0.3 is 0 Å². The van der Waals surface area contributed by atoms with Gasteiger partial charge in [0, 0.05) is 16.1 Å². The van der Waals surface area contributed by atoms with Gasteiger partial charge in [-0.25, -0.2) is 0 Å². The zero-order valence-corrected chi connectivity index (χ0v) is 12.6. The Kier molecular flexibility index (Phi) is 3.16. The van der Waals surface area contributed by atoms with Gasteiger partial charge in [-0.05, 0) is 42.7 Å². The monoisotopic (exact) mass is 317 g/mol. The molecule has 106 valence electrons. The molecule has 4 nitrogen and oxygen atoms in total. The topological polar surface area (TPSA) is 51.0 Å². The Morgan fingerprint density at radius 1 is 1.33 bits per heavy atom. The van der Waals surface area contributed by atoms with E-state index in [4.69, 9.17) is 16.0 Å². The molecule has 1 aromatic carbocycles. The van der Waals surface area contributed by atoms with Crippen LogP contribution in [0, 0.1) is 0 Å². The van der Waals surface area contributed by atoms with E-state index < -0.39 is 0 Å². The van der Waals surface area contributed by atoms with E-state index in [1.54, 1.807) is 11.3 Å². The molecule has 0 spiro atoms. The van der Waals surface area contributed by atoms with Crippen molar-refractivity contribution in [2.75, 3.05) is 5.32 Å². The molecule has 0 saturated carbocycles. The molecule has 1 unspecified atom stereocenters. The van der Waals surface area contributed by atoms with Crippen molar-refractivity contribution in [1.29, 1.82) is 0 Å². The minimum atomic E-state index is 0.321. The van der Waals surface area contributed by atoms with E-state index in [0.29, 0.717) is 11.9 Å². The highest BCUT2D eigenvalue weighted by atomic mass is 35.5. The van der Waals surface area contributed by atoms with Crippen LogP contribution in [-0.2, 0) is 6.42 Å². The number of hydrogen-bond acceptors (Lipinski definition) is 5. The van der Waals surface area contributed by atoms with E-state index in [9.17, 15) is 0 Å². The maximum absolute atomic E-state index is 6.10. The number of nitrogens with zero attached hydrogens (tertiary/aromatic N) is 2. The largest absolute Gasteiger partial charge is 0.423 e. The summed E-state index contributed by atoms with van der Waals surface area (Å²) in [6.45, 7) is 0. The van der Waals surface area contributed by atoms with E-state index in [-0.39, 0.29) is 0 Å². The van der Waals surface area contributed by atoms with E-state index in [0.717, 1.165) is 28.4 Å². The standard InChI is InChI=1S/C15H12ClN3OS/c16-14-7-11-12(4-5-13(11)21-14)18-10-3-1-2-9(6-10)15-19-17-8-20-15/h1-3,6-8,12,18H,4-5H2. The van der Waals surface area contributed by atoms with Crippen LogP contribution in [0.15, 0.2) is 41.1 Å². The number of hydrogen-bond donors (Lipinski definition) is 1. The summed E-state index contributed by atoms with van der Waals surface area (Å²) in [7, 11) is 0. The molecule has 0 amide bonds. The average Bonchev–Trinajstić information content (AvgIpc) is 3.18. The fraction of sp³-hybridized carbons (Fsp3) is 0.200. The van der Waals surface area contributed by atoms with Gasteiger partial charge in [-0.2, -0.15) is 0 Å². The lowest BCUT2D eigenvalue weighted by Gasteiger charge is -2.15. The Labute approximate surface area is 130 Å². The van der Waals surface area contributed by atoms with Crippen LogP contribution in [0.5, 0.6) is 0 Å². The van der Waals surface area contributed by atoms with Crippen molar-refractivity contribution in [3.63, 3.8) is 0 Å². The van der Waals surface area contributed by atoms with Crippen molar-refractivity contribution in [3.8, 4) is 11.5 Å². The number of nitrogens with one attached hydrogen (secondary N) is 1. The van der Waals surface area contributed by atoms with Crippen LogP contribution in [-0.4, -0.2) is 10.2 Å². The van der Waals surface area contributed by atoms with Crippen molar-refractivity contribution in [1.82, 2.24) is 10.2 Å². The normalized spacial score (nSPS) is 16.9. The molecule has 0 aliphatic heterocycles. The third-order valence-electron chi connectivity index (χ3n) is 3.66. The first kappa shape index (κ1) is 12.9. The summed E-state index contributed by atoms with van der Waals surface area (Å²) in [5, 5.41) is 11.2. The van der Waals surface area contributed by atoms with Gasteiger partial charge in [0.25, 0.3) is 0 Å². The Bertz CT molecular complexity index is 769. The fourth-order valence-electron chi connectivity index (χ4n) is 2.72. The molecule has 1 aliphatic carbocycles. The molecule has 0 saturated heterocycles. The smallest absolute Gasteiger partial charge is 0.247 e. The highest BCUT2D eigenvalue weighted by Gasteiger charge is 2.25. The zero-order valence-electron chi connectivity index (χ0n) is 11.0. The molecular formula is C15H12ClN3OS. The molecule has 1 aliphatic rings. The second-order valence-electron chi connectivity index (χ2n) is 4.99. The third kappa shape index (κ3) is 2.43. The molecule has 3 aromatic rings. The van der Waals surface area contributed by atoms with E-state index >= 15 is 0 Å². The Morgan fingerprint density at radius 2 is 2.29 bits per heavy atom. The van der Waals surface area contributed by atoms with Crippen molar-refractivity contribution >= 4 is 28.6 Å². The molecule has 1 N–H and O–H groups in total. The second kappa shape index (κ2) is 5.16.